The Morgan fingerprint density at radius 2 is 1.74 bits per heavy atom. The lowest BCUT2D eigenvalue weighted by atomic mass is 10.1. The molecule has 0 fully saturated rings. The van der Waals surface area contributed by atoms with Gasteiger partial charge in [0.15, 0.2) is 0 Å². The Balaban J connectivity index is 1.52. The molecule has 2 aromatic heterocycles. The molecule has 0 aliphatic rings. The Labute approximate surface area is 158 Å². The second-order valence-corrected chi connectivity index (χ2v) is 6.35. The highest BCUT2D eigenvalue weighted by atomic mass is 16.5. The predicted octanol–water partition coefficient (Wildman–Crippen LogP) is 4.76. The Hall–Kier alpha value is -3.47. The van der Waals surface area contributed by atoms with Gasteiger partial charge in [-0.2, -0.15) is 4.98 Å². The highest BCUT2D eigenvalue weighted by molar-refractivity contribution is 5.70. The van der Waals surface area contributed by atoms with Crippen molar-refractivity contribution in [1.82, 2.24) is 15.1 Å². The van der Waals surface area contributed by atoms with Crippen molar-refractivity contribution in [2.75, 3.05) is 11.9 Å². The number of nitrogens with zero attached hydrogens (tertiary/aromatic N) is 3. The molecule has 4 rings (SSSR count). The Bertz CT molecular complexity index is 1010. The minimum absolute atomic E-state index is 0.459. The third kappa shape index (κ3) is 4.03. The number of rotatable bonds is 6. The summed E-state index contributed by atoms with van der Waals surface area (Å²) in [6, 6.07) is 22.2. The van der Waals surface area contributed by atoms with Gasteiger partial charge >= 0.3 is 0 Å². The van der Waals surface area contributed by atoms with Crippen LogP contribution >= 0.6 is 0 Å². The molecule has 0 aliphatic carbocycles. The van der Waals surface area contributed by atoms with Crippen LogP contribution in [-0.2, 0) is 6.42 Å². The van der Waals surface area contributed by atoms with Gasteiger partial charge in [0.2, 0.25) is 5.82 Å². The van der Waals surface area contributed by atoms with E-state index in [1.807, 2.05) is 54.6 Å². The van der Waals surface area contributed by atoms with Crippen LogP contribution in [0.3, 0.4) is 0 Å². The first-order valence-electron chi connectivity index (χ1n) is 8.93. The Kier molecular flexibility index (Phi) is 4.92. The summed E-state index contributed by atoms with van der Waals surface area (Å²) < 4.78 is 5.50. The number of hydrogen-bond donors (Lipinski definition) is 1. The monoisotopic (exact) mass is 356 g/mol. The highest BCUT2D eigenvalue weighted by Gasteiger charge is 2.14. The minimum Gasteiger partial charge on any atom is -0.369 e. The van der Waals surface area contributed by atoms with Crippen LogP contribution in [0.1, 0.15) is 11.1 Å². The summed E-state index contributed by atoms with van der Waals surface area (Å²) in [5.74, 6) is 1.78. The van der Waals surface area contributed by atoms with E-state index < -0.39 is 0 Å². The molecule has 0 saturated heterocycles. The summed E-state index contributed by atoms with van der Waals surface area (Å²) in [7, 11) is 0. The molecule has 0 atom stereocenters. The first kappa shape index (κ1) is 17.0. The lowest BCUT2D eigenvalue weighted by Gasteiger charge is -2.08. The second kappa shape index (κ2) is 7.83. The summed E-state index contributed by atoms with van der Waals surface area (Å²) in [4.78, 5) is 8.99. The van der Waals surface area contributed by atoms with Crippen molar-refractivity contribution in [1.29, 1.82) is 0 Å². The molecule has 5 nitrogen and oxygen atoms in total. The van der Waals surface area contributed by atoms with Gasteiger partial charge in [0.25, 0.3) is 5.89 Å². The summed E-state index contributed by atoms with van der Waals surface area (Å²) in [6.45, 7) is 2.82. The number of hydrogen-bond acceptors (Lipinski definition) is 5. The molecule has 0 spiro atoms. The zero-order valence-corrected chi connectivity index (χ0v) is 15.1. The maximum absolute atomic E-state index is 5.50. The molecule has 0 radical (unpaired) electrons. The number of benzene rings is 2. The first-order valence-corrected chi connectivity index (χ1v) is 8.93. The smallest absolute Gasteiger partial charge is 0.261 e. The fourth-order valence-corrected chi connectivity index (χ4v) is 2.84. The summed E-state index contributed by atoms with van der Waals surface area (Å²) in [5.41, 5.74) is 4.20. The van der Waals surface area contributed by atoms with Crippen LogP contribution in [0.2, 0.25) is 0 Å². The molecule has 0 saturated carbocycles. The minimum atomic E-state index is 0.459. The van der Waals surface area contributed by atoms with Crippen LogP contribution in [0.15, 0.2) is 77.4 Å². The van der Waals surface area contributed by atoms with E-state index in [0.29, 0.717) is 11.7 Å². The van der Waals surface area contributed by atoms with E-state index in [-0.39, 0.29) is 0 Å². The van der Waals surface area contributed by atoms with Crippen molar-refractivity contribution >= 4 is 5.82 Å². The molecule has 0 amide bonds. The molecule has 2 heterocycles. The van der Waals surface area contributed by atoms with Gasteiger partial charge in [-0.3, -0.25) is 0 Å². The Morgan fingerprint density at radius 3 is 2.56 bits per heavy atom. The normalized spacial score (nSPS) is 10.7. The number of aromatic nitrogens is 3. The van der Waals surface area contributed by atoms with Crippen LogP contribution in [0.25, 0.3) is 22.8 Å². The first-order chi connectivity index (χ1) is 13.3. The molecular formula is C22H20N4O. The van der Waals surface area contributed by atoms with Crippen LogP contribution in [-0.4, -0.2) is 21.7 Å². The molecule has 27 heavy (non-hydrogen) atoms. The molecule has 4 aromatic rings. The SMILES string of the molecule is Cc1ccc(-c2noc(-c3cccnc3NCCc3ccccc3)n2)cc1. The van der Waals surface area contributed by atoms with Crippen LogP contribution in [0, 0.1) is 6.92 Å². The van der Waals surface area contributed by atoms with Crippen molar-refractivity contribution < 1.29 is 4.52 Å². The topological polar surface area (TPSA) is 63.8 Å². The largest absolute Gasteiger partial charge is 0.369 e. The average Bonchev–Trinajstić information content (AvgIpc) is 3.20. The van der Waals surface area contributed by atoms with E-state index in [0.717, 1.165) is 29.9 Å². The van der Waals surface area contributed by atoms with Gasteiger partial charge in [0.05, 0.1) is 5.56 Å². The number of aryl methyl sites for hydroxylation is 1. The summed E-state index contributed by atoms with van der Waals surface area (Å²) in [5, 5.41) is 7.50. The van der Waals surface area contributed by atoms with Gasteiger partial charge in [0.1, 0.15) is 5.82 Å². The predicted molar refractivity (Wildman–Crippen MR) is 106 cm³/mol. The van der Waals surface area contributed by atoms with E-state index in [1.165, 1.54) is 11.1 Å². The molecule has 5 heteroatoms. The van der Waals surface area contributed by atoms with E-state index in [4.69, 9.17) is 4.52 Å². The van der Waals surface area contributed by atoms with Gasteiger partial charge in [-0.15, -0.1) is 0 Å². The third-order valence-electron chi connectivity index (χ3n) is 4.32. The lowest BCUT2D eigenvalue weighted by Crippen LogP contribution is -2.07. The molecule has 1 N–H and O–H groups in total. The van der Waals surface area contributed by atoms with E-state index in [9.17, 15) is 0 Å². The number of pyridine rings is 1. The maximum Gasteiger partial charge on any atom is 0.261 e. The standard InChI is InChI=1S/C22H20N4O/c1-16-9-11-18(12-10-16)20-25-22(27-26-20)19-8-5-14-23-21(19)24-15-13-17-6-3-2-4-7-17/h2-12,14H,13,15H2,1H3,(H,23,24). The van der Waals surface area contributed by atoms with Gasteiger partial charge in [-0.05, 0) is 31.0 Å². The molecule has 2 aromatic carbocycles. The maximum atomic E-state index is 5.50. The molecular weight excluding hydrogens is 336 g/mol. The number of nitrogens with one attached hydrogen (secondary N) is 1. The number of anilines is 1. The molecule has 0 bridgehead atoms. The van der Waals surface area contributed by atoms with Crippen LogP contribution in [0.4, 0.5) is 5.82 Å². The third-order valence-corrected chi connectivity index (χ3v) is 4.32. The average molecular weight is 356 g/mol. The Morgan fingerprint density at radius 1 is 0.926 bits per heavy atom. The van der Waals surface area contributed by atoms with E-state index in [2.05, 4.69) is 39.5 Å². The van der Waals surface area contributed by atoms with Crippen LogP contribution < -0.4 is 5.32 Å². The second-order valence-electron chi connectivity index (χ2n) is 6.35. The molecule has 0 unspecified atom stereocenters. The van der Waals surface area contributed by atoms with Gasteiger partial charge in [-0.25, -0.2) is 4.98 Å². The van der Waals surface area contributed by atoms with Crippen molar-refractivity contribution in [3.05, 3.63) is 84.1 Å². The zero-order valence-electron chi connectivity index (χ0n) is 15.1. The lowest BCUT2D eigenvalue weighted by molar-refractivity contribution is 0.432. The van der Waals surface area contributed by atoms with Gasteiger partial charge < -0.3 is 9.84 Å². The van der Waals surface area contributed by atoms with Gasteiger partial charge in [0, 0.05) is 18.3 Å². The van der Waals surface area contributed by atoms with Crippen molar-refractivity contribution in [3.63, 3.8) is 0 Å². The van der Waals surface area contributed by atoms with Crippen molar-refractivity contribution in [2.45, 2.75) is 13.3 Å². The molecule has 134 valence electrons. The summed E-state index contributed by atoms with van der Waals surface area (Å²) >= 11 is 0. The van der Waals surface area contributed by atoms with Crippen molar-refractivity contribution in [2.24, 2.45) is 0 Å². The summed E-state index contributed by atoms with van der Waals surface area (Å²) in [6.07, 6.45) is 2.67. The quantitative estimate of drug-likeness (QED) is 0.539. The van der Waals surface area contributed by atoms with E-state index >= 15 is 0 Å². The highest BCUT2D eigenvalue weighted by Crippen LogP contribution is 2.27. The molecule has 0 aliphatic heterocycles. The van der Waals surface area contributed by atoms with Gasteiger partial charge in [-0.1, -0.05) is 65.3 Å². The fourth-order valence-electron chi connectivity index (χ4n) is 2.84. The van der Waals surface area contributed by atoms with Crippen molar-refractivity contribution in [3.8, 4) is 22.8 Å². The zero-order chi connectivity index (χ0) is 18.5. The fraction of sp³-hybridized carbons (Fsp3) is 0.136. The van der Waals surface area contributed by atoms with Crippen LogP contribution in [0.5, 0.6) is 0 Å². The van der Waals surface area contributed by atoms with E-state index in [1.54, 1.807) is 6.20 Å².